The van der Waals surface area contributed by atoms with Crippen LogP contribution < -0.4 is 5.36 Å². The molecule has 0 fully saturated rings. The van der Waals surface area contributed by atoms with E-state index in [0.29, 0.717) is 6.67 Å². The van der Waals surface area contributed by atoms with Crippen LogP contribution in [-0.4, -0.2) is 9.55 Å². The molecular formula is C13H9N3. The predicted octanol–water partition coefficient (Wildman–Crippen LogP) is 2.06. The lowest BCUT2D eigenvalue weighted by Gasteiger charge is -2.01. The minimum absolute atomic E-state index is 0.703. The molecule has 0 bridgehead atoms. The number of pyridine rings is 1. The zero-order valence-corrected chi connectivity index (χ0v) is 8.59. The molecule has 76 valence electrons. The molecule has 0 saturated carbocycles. The number of aromatic nitrogens is 2. The zero-order chi connectivity index (χ0) is 10.5. The summed E-state index contributed by atoms with van der Waals surface area (Å²) in [6.07, 6.45) is 3.94. The standard InChI is InChI=1S/C13H9N3/c1-3-9-4-2-6-16-8-15-11-7-14-10(5-1)12(9)13(11)16/h1-7H,8H2. The van der Waals surface area contributed by atoms with E-state index in [1.54, 1.807) is 0 Å². The molecular weight excluding hydrogens is 198 g/mol. The number of hydrogen-bond donors (Lipinski definition) is 0. The lowest BCUT2D eigenvalue weighted by molar-refractivity contribution is 0.780. The summed E-state index contributed by atoms with van der Waals surface area (Å²) in [4.78, 5) is 8.93. The Kier molecular flexibility index (Phi) is 1.36. The van der Waals surface area contributed by atoms with Crippen molar-refractivity contribution in [2.24, 2.45) is 4.99 Å². The van der Waals surface area contributed by atoms with Crippen molar-refractivity contribution in [3.8, 4) is 0 Å². The van der Waals surface area contributed by atoms with Crippen molar-refractivity contribution >= 4 is 21.8 Å². The molecule has 2 aromatic heterocycles. The number of rotatable bonds is 0. The van der Waals surface area contributed by atoms with Crippen molar-refractivity contribution < 1.29 is 0 Å². The van der Waals surface area contributed by atoms with E-state index in [4.69, 9.17) is 0 Å². The van der Waals surface area contributed by atoms with Gasteiger partial charge in [-0.25, -0.2) is 0 Å². The fourth-order valence-electron chi connectivity index (χ4n) is 2.38. The van der Waals surface area contributed by atoms with Crippen LogP contribution in [-0.2, 0) is 6.67 Å². The minimum atomic E-state index is 0.703. The summed E-state index contributed by atoms with van der Waals surface area (Å²) in [5.74, 6) is 0. The first-order valence-corrected chi connectivity index (χ1v) is 5.31. The molecule has 1 aliphatic rings. The molecule has 0 amide bonds. The Balaban J connectivity index is 2.51. The van der Waals surface area contributed by atoms with Crippen LogP contribution in [0.3, 0.4) is 0 Å². The monoisotopic (exact) mass is 207 g/mol. The second kappa shape index (κ2) is 2.70. The summed E-state index contributed by atoms with van der Waals surface area (Å²) < 4.78 is 2.17. The van der Waals surface area contributed by atoms with Crippen LogP contribution in [0.1, 0.15) is 0 Å². The maximum atomic E-state index is 4.47. The highest BCUT2D eigenvalue weighted by Crippen LogP contribution is 2.22. The van der Waals surface area contributed by atoms with Crippen LogP contribution in [0.5, 0.6) is 0 Å². The summed E-state index contributed by atoms with van der Waals surface area (Å²) in [7, 11) is 0. The molecule has 3 heteroatoms. The van der Waals surface area contributed by atoms with Crippen molar-refractivity contribution in [3.63, 3.8) is 0 Å². The maximum absolute atomic E-state index is 4.47. The van der Waals surface area contributed by atoms with Crippen molar-refractivity contribution in [2.75, 3.05) is 0 Å². The van der Waals surface area contributed by atoms with Gasteiger partial charge in [0.1, 0.15) is 12.0 Å². The fraction of sp³-hybridized carbons (Fsp3) is 0.0769. The first kappa shape index (κ1) is 8.05. The van der Waals surface area contributed by atoms with E-state index >= 15 is 0 Å². The molecule has 0 unspecified atom stereocenters. The average molecular weight is 207 g/mol. The smallest absolute Gasteiger partial charge is 0.115 e. The van der Waals surface area contributed by atoms with Crippen molar-refractivity contribution in [1.82, 2.24) is 9.55 Å². The Morgan fingerprint density at radius 1 is 1.12 bits per heavy atom. The SMILES string of the molecule is c1cc2cccn3c4c(cnc(c1)c24)=NC3. The molecule has 3 nitrogen and oxygen atoms in total. The van der Waals surface area contributed by atoms with Gasteiger partial charge in [-0.15, -0.1) is 0 Å². The fourth-order valence-corrected chi connectivity index (χ4v) is 2.38. The van der Waals surface area contributed by atoms with E-state index in [-0.39, 0.29) is 0 Å². The molecule has 1 aliphatic heterocycles. The molecule has 16 heavy (non-hydrogen) atoms. The summed E-state index contributed by atoms with van der Waals surface area (Å²) in [6, 6.07) is 10.4. The molecule has 1 aromatic carbocycles. The lowest BCUT2D eigenvalue weighted by atomic mass is 10.1. The molecule has 0 saturated heterocycles. The van der Waals surface area contributed by atoms with Crippen LogP contribution in [0.4, 0.5) is 0 Å². The highest BCUT2D eigenvalue weighted by molar-refractivity contribution is 6.06. The third-order valence-electron chi connectivity index (χ3n) is 3.10. The molecule has 0 N–H and O–H groups in total. The Morgan fingerprint density at radius 3 is 3.06 bits per heavy atom. The first-order chi connectivity index (χ1) is 7.93. The van der Waals surface area contributed by atoms with Gasteiger partial charge in [0.25, 0.3) is 0 Å². The Bertz CT molecular complexity index is 784. The second-order valence-corrected chi connectivity index (χ2v) is 4.01. The van der Waals surface area contributed by atoms with Gasteiger partial charge in [-0.05, 0) is 17.5 Å². The third kappa shape index (κ3) is 0.877. The van der Waals surface area contributed by atoms with Crippen LogP contribution in [0.25, 0.3) is 21.8 Å². The van der Waals surface area contributed by atoms with Crippen LogP contribution in [0.2, 0.25) is 0 Å². The van der Waals surface area contributed by atoms with Gasteiger partial charge in [0.15, 0.2) is 0 Å². The van der Waals surface area contributed by atoms with E-state index in [0.717, 1.165) is 10.9 Å². The van der Waals surface area contributed by atoms with Crippen LogP contribution in [0, 0.1) is 0 Å². The number of hydrogen-bond acceptors (Lipinski definition) is 2. The third-order valence-corrected chi connectivity index (χ3v) is 3.10. The highest BCUT2D eigenvalue weighted by atomic mass is 15.1. The average Bonchev–Trinajstić information content (AvgIpc) is 2.64. The predicted molar refractivity (Wildman–Crippen MR) is 62.8 cm³/mol. The molecule has 0 radical (unpaired) electrons. The van der Waals surface area contributed by atoms with Gasteiger partial charge in [-0.3, -0.25) is 9.98 Å². The molecule has 0 atom stereocenters. The van der Waals surface area contributed by atoms with Gasteiger partial charge in [0, 0.05) is 11.6 Å². The maximum Gasteiger partial charge on any atom is 0.115 e. The first-order valence-electron chi connectivity index (χ1n) is 5.31. The Hall–Kier alpha value is -2.16. The number of benzene rings is 1. The molecule has 0 spiro atoms. The van der Waals surface area contributed by atoms with E-state index in [1.807, 2.05) is 12.3 Å². The van der Waals surface area contributed by atoms with Gasteiger partial charge in [0.2, 0.25) is 0 Å². The Labute approximate surface area is 91.7 Å². The van der Waals surface area contributed by atoms with Crippen molar-refractivity contribution in [2.45, 2.75) is 6.67 Å². The lowest BCUT2D eigenvalue weighted by Crippen LogP contribution is -2.02. The molecule has 0 aliphatic carbocycles. The molecule has 4 rings (SSSR count). The largest absolute Gasteiger partial charge is 0.326 e. The van der Waals surface area contributed by atoms with E-state index < -0.39 is 0 Å². The normalized spacial score (nSPS) is 13.2. The second-order valence-electron chi connectivity index (χ2n) is 4.01. The van der Waals surface area contributed by atoms with Gasteiger partial charge in [-0.2, -0.15) is 0 Å². The van der Waals surface area contributed by atoms with E-state index in [2.05, 4.69) is 45.0 Å². The topological polar surface area (TPSA) is 30.2 Å². The zero-order valence-electron chi connectivity index (χ0n) is 8.59. The van der Waals surface area contributed by atoms with Crippen LogP contribution >= 0.6 is 0 Å². The van der Waals surface area contributed by atoms with Gasteiger partial charge in [0.05, 0.1) is 17.2 Å². The van der Waals surface area contributed by atoms with Gasteiger partial charge >= 0.3 is 0 Å². The van der Waals surface area contributed by atoms with Gasteiger partial charge in [-0.1, -0.05) is 18.2 Å². The summed E-state index contributed by atoms with van der Waals surface area (Å²) in [6.45, 7) is 0.703. The molecule has 3 heterocycles. The quantitative estimate of drug-likeness (QED) is 0.555. The van der Waals surface area contributed by atoms with Crippen LogP contribution in [0.15, 0.2) is 47.7 Å². The summed E-state index contributed by atoms with van der Waals surface area (Å²) in [5.41, 5.74) is 2.24. The van der Waals surface area contributed by atoms with E-state index in [9.17, 15) is 0 Å². The molecule has 3 aromatic rings. The Morgan fingerprint density at radius 2 is 2.06 bits per heavy atom. The van der Waals surface area contributed by atoms with Crippen molar-refractivity contribution in [3.05, 3.63) is 48.1 Å². The minimum Gasteiger partial charge on any atom is -0.326 e. The van der Waals surface area contributed by atoms with Gasteiger partial charge < -0.3 is 4.57 Å². The highest BCUT2D eigenvalue weighted by Gasteiger charge is 2.10. The summed E-state index contributed by atoms with van der Waals surface area (Å²) >= 11 is 0. The number of nitrogens with zero attached hydrogens (tertiary/aromatic N) is 3. The summed E-state index contributed by atoms with van der Waals surface area (Å²) in [5, 5.41) is 3.43. The van der Waals surface area contributed by atoms with Crippen molar-refractivity contribution in [1.29, 1.82) is 0 Å². The van der Waals surface area contributed by atoms with E-state index in [1.165, 1.54) is 16.3 Å².